The fraction of sp³-hybridized carbons (Fsp3) is 0. The molecule has 0 radical (unpaired) electrons. The van der Waals surface area contributed by atoms with Crippen LogP contribution in [0.15, 0.2) is 117 Å². The van der Waals surface area contributed by atoms with Crippen molar-refractivity contribution in [1.82, 2.24) is 0 Å². The highest BCUT2D eigenvalue weighted by molar-refractivity contribution is 7.91. The molecule has 0 heterocycles. The molecule has 0 bridgehead atoms. The summed E-state index contributed by atoms with van der Waals surface area (Å²) in [7, 11) is -8.08. The quantitative estimate of drug-likeness (QED) is 0.364. The molecule has 0 atom stereocenters. The number of ether oxygens (including phenoxy) is 1. The van der Waals surface area contributed by atoms with Gasteiger partial charge in [-0.05, 0) is 72.8 Å². The zero-order chi connectivity index (χ0) is 23.6. The minimum Gasteiger partial charge on any atom is -0.457 e. The standard InChI is InChI=1S/C24H16F2O5S2/c25-21-5-1-3-7-23(21)32(27,28)19-13-9-17(10-14-19)31-18-11-15-20(16-12-18)33(29,30)24-8-4-2-6-22(24)26/h1-16H. The Morgan fingerprint density at radius 2 is 0.818 bits per heavy atom. The molecule has 0 amide bonds. The summed E-state index contributed by atoms with van der Waals surface area (Å²) in [6.45, 7) is 0. The number of hydrogen-bond acceptors (Lipinski definition) is 5. The molecule has 0 aliphatic rings. The predicted molar refractivity (Wildman–Crippen MR) is 117 cm³/mol. The molecule has 0 aliphatic carbocycles. The van der Waals surface area contributed by atoms with Gasteiger partial charge in [-0.15, -0.1) is 0 Å². The maximum atomic E-state index is 13.9. The molecule has 5 nitrogen and oxygen atoms in total. The monoisotopic (exact) mass is 486 g/mol. The van der Waals surface area contributed by atoms with Crippen molar-refractivity contribution < 1.29 is 30.4 Å². The van der Waals surface area contributed by atoms with Crippen molar-refractivity contribution in [1.29, 1.82) is 0 Å². The van der Waals surface area contributed by atoms with Crippen LogP contribution in [0, 0.1) is 11.6 Å². The molecule has 33 heavy (non-hydrogen) atoms. The maximum Gasteiger partial charge on any atom is 0.209 e. The smallest absolute Gasteiger partial charge is 0.209 e. The Morgan fingerprint density at radius 3 is 1.15 bits per heavy atom. The summed E-state index contributed by atoms with van der Waals surface area (Å²) in [6.07, 6.45) is 0. The molecule has 0 saturated heterocycles. The molecule has 0 spiro atoms. The van der Waals surface area contributed by atoms with Crippen LogP contribution in [0.3, 0.4) is 0 Å². The van der Waals surface area contributed by atoms with Gasteiger partial charge in [-0.3, -0.25) is 0 Å². The van der Waals surface area contributed by atoms with Gasteiger partial charge >= 0.3 is 0 Å². The van der Waals surface area contributed by atoms with Gasteiger partial charge in [-0.1, -0.05) is 24.3 Å². The summed E-state index contributed by atoms with van der Waals surface area (Å²) >= 11 is 0. The molecule has 9 heteroatoms. The molecule has 0 fully saturated rings. The first-order chi connectivity index (χ1) is 15.7. The fourth-order valence-corrected chi connectivity index (χ4v) is 5.75. The van der Waals surface area contributed by atoms with E-state index in [0.29, 0.717) is 0 Å². The minimum absolute atomic E-state index is 0.105. The van der Waals surface area contributed by atoms with Gasteiger partial charge in [0.05, 0.1) is 9.79 Å². The topological polar surface area (TPSA) is 77.5 Å². The average molecular weight is 487 g/mol. The van der Waals surface area contributed by atoms with Crippen LogP contribution in [0.5, 0.6) is 11.5 Å². The maximum absolute atomic E-state index is 13.9. The molecule has 0 N–H and O–H groups in total. The lowest BCUT2D eigenvalue weighted by atomic mass is 10.3. The predicted octanol–water partition coefficient (Wildman–Crippen LogP) is 5.42. The Bertz CT molecular complexity index is 1400. The summed E-state index contributed by atoms with van der Waals surface area (Å²) in [6, 6.07) is 20.9. The second-order valence-electron chi connectivity index (χ2n) is 6.91. The molecule has 4 rings (SSSR count). The first kappa shape index (κ1) is 22.6. The van der Waals surface area contributed by atoms with Crippen LogP contribution in [0.25, 0.3) is 0 Å². The highest BCUT2D eigenvalue weighted by Crippen LogP contribution is 2.29. The Morgan fingerprint density at radius 1 is 0.485 bits per heavy atom. The Balaban J connectivity index is 1.54. The van der Waals surface area contributed by atoms with E-state index in [9.17, 15) is 25.6 Å². The van der Waals surface area contributed by atoms with E-state index in [1.165, 1.54) is 84.9 Å². The lowest BCUT2D eigenvalue weighted by Crippen LogP contribution is -2.04. The third kappa shape index (κ3) is 4.50. The number of halogens is 2. The second-order valence-corrected chi connectivity index (χ2v) is 10.7. The molecule has 4 aromatic rings. The summed E-state index contributed by atoms with van der Waals surface area (Å²) in [5.74, 6) is -1.12. The third-order valence-corrected chi connectivity index (χ3v) is 8.36. The SMILES string of the molecule is O=S(=O)(c1ccc(Oc2ccc(S(=O)(=O)c3ccccc3F)cc2)cc1)c1ccccc1F. The van der Waals surface area contributed by atoms with E-state index < -0.39 is 41.1 Å². The highest BCUT2D eigenvalue weighted by atomic mass is 32.2. The average Bonchev–Trinajstić information content (AvgIpc) is 2.80. The van der Waals surface area contributed by atoms with Gasteiger partial charge in [-0.2, -0.15) is 0 Å². The van der Waals surface area contributed by atoms with Crippen molar-refractivity contribution in [2.24, 2.45) is 0 Å². The van der Waals surface area contributed by atoms with E-state index in [1.807, 2.05) is 0 Å². The van der Waals surface area contributed by atoms with Gasteiger partial charge in [0.1, 0.15) is 32.9 Å². The molecule has 0 aliphatic heterocycles. The molecule has 0 aromatic heterocycles. The van der Waals surface area contributed by atoms with Crippen molar-refractivity contribution in [2.45, 2.75) is 19.6 Å². The van der Waals surface area contributed by atoms with Crippen LogP contribution < -0.4 is 4.74 Å². The second kappa shape index (κ2) is 8.76. The number of hydrogen-bond donors (Lipinski definition) is 0. The molecular formula is C24H16F2O5S2. The van der Waals surface area contributed by atoms with Gasteiger partial charge in [0, 0.05) is 0 Å². The normalized spacial score (nSPS) is 11.8. The van der Waals surface area contributed by atoms with Crippen LogP contribution in [0.4, 0.5) is 8.78 Å². The van der Waals surface area contributed by atoms with Crippen molar-refractivity contribution in [3.63, 3.8) is 0 Å². The molecular weight excluding hydrogens is 470 g/mol. The van der Waals surface area contributed by atoms with E-state index >= 15 is 0 Å². The highest BCUT2D eigenvalue weighted by Gasteiger charge is 2.22. The van der Waals surface area contributed by atoms with Crippen molar-refractivity contribution in [2.75, 3.05) is 0 Å². The molecule has 0 unspecified atom stereocenters. The third-order valence-electron chi connectivity index (χ3n) is 4.76. The van der Waals surface area contributed by atoms with Crippen LogP contribution in [-0.4, -0.2) is 16.8 Å². The zero-order valence-corrected chi connectivity index (χ0v) is 18.5. The van der Waals surface area contributed by atoms with Crippen molar-refractivity contribution >= 4 is 19.7 Å². The number of sulfone groups is 2. The summed E-state index contributed by atoms with van der Waals surface area (Å²) in [4.78, 5) is -1.06. The lowest BCUT2D eigenvalue weighted by molar-refractivity contribution is 0.481. The van der Waals surface area contributed by atoms with Crippen LogP contribution >= 0.6 is 0 Å². The first-order valence-corrected chi connectivity index (χ1v) is 12.5. The van der Waals surface area contributed by atoms with Crippen LogP contribution in [0.1, 0.15) is 0 Å². The zero-order valence-electron chi connectivity index (χ0n) is 16.9. The van der Waals surface area contributed by atoms with Gasteiger partial charge in [0.15, 0.2) is 0 Å². The van der Waals surface area contributed by atoms with Gasteiger partial charge in [-0.25, -0.2) is 25.6 Å². The lowest BCUT2D eigenvalue weighted by Gasteiger charge is -2.10. The van der Waals surface area contributed by atoms with Crippen molar-refractivity contribution in [3.8, 4) is 11.5 Å². The van der Waals surface area contributed by atoms with Gasteiger partial charge in [0.2, 0.25) is 19.7 Å². The van der Waals surface area contributed by atoms with E-state index in [2.05, 4.69) is 0 Å². The van der Waals surface area contributed by atoms with Crippen molar-refractivity contribution in [3.05, 3.63) is 109 Å². The Hall–Kier alpha value is -3.56. The number of benzene rings is 4. The van der Waals surface area contributed by atoms with E-state index in [1.54, 1.807) is 0 Å². The summed E-state index contributed by atoms with van der Waals surface area (Å²) in [5.41, 5.74) is 0. The van der Waals surface area contributed by atoms with Crippen LogP contribution in [-0.2, 0) is 19.7 Å². The fourth-order valence-electron chi connectivity index (χ4n) is 3.09. The van der Waals surface area contributed by atoms with E-state index in [-0.39, 0.29) is 21.3 Å². The summed E-state index contributed by atoms with van der Waals surface area (Å²) in [5, 5.41) is 0. The molecule has 4 aromatic carbocycles. The minimum atomic E-state index is -4.04. The first-order valence-electron chi connectivity index (χ1n) is 9.57. The number of rotatable bonds is 6. The Kier molecular flexibility index (Phi) is 6.01. The van der Waals surface area contributed by atoms with Crippen LogP contribution in [0.2, 0.25) is 0 Å². The molecule has 0 saturated carbocycles. The molecule has 168 valence electrons. The van der Waals surface area contributed by atoms with Gasteiger partial charge < -0.3 is 4.74 Å². The largest absolute Gasteiger partial charge is 0.457 e. The van der Waals surface area contributed by atoms with E-state index in [0.717, 1.165) is 12.1 Å². The Labute approximate surface area is 189 Å². The van der Waals surface area contributed by atoms with Gasteiger partial charge in [0.25, 0.3) is 0 Å². The summed E-state index contributed by atoms with van der Waals surface area (Å²) < 4.78 is 84.0. The van der Waals surface area contributed by atoms with E-state index in [4.69, 9.17) is 4.74 Å².